The maximum atomic E-state index is 12.8. The van der Waals surface area contributed by atoms with Crippen LogP contribution in [-0.2, 0) is 4.79 Å². The molecule has 1 amide bonds. The Morgan fingerprint density at radius 1 is 0.870 bits per heavy atom. The van der Waals surface area contributed by atoms with Crippen LogP contribution in [0.3, 0.4) is 0 Å². The quantitative estimate of drug-likeness (QED) is 0.750. The second kappa shape index (κ2) is 10.3. The molecule has 2 fully saturated rings. The number of hydrogen-bond donors (Lipinski definition) is 2. The molecular formula is C20H38N2O. The lowest BCUT2D eigenvalue weighted by molar-refractivity contribution is -0.126. The average Bonchev–Trinajstić information content (AvgIpc) is 2.80. The minimum absolute atomic E-state index is 0.198. The molecule has 2 aliphatic carbocycles. The Kier molecular flexibility index (Phi) is 8.43. The highest BCUT2D eigenvalue weighted by Crippen LogP contribution is 2.30. The fraction of sp³-hybridized carbons (Fsp3) is 0.950. The van der Waals surface area contributed by atoms with Crippen molar-refractivity contribution in [3.05, 3.63) is 0 Å². The normalized spacial score (nSPS) is 30.2. The van der Waals surface area contributed by atoms with E-state index in [1.54, 1.807) is 0 Å². The van der Waals surface area contributed by atoms with Crippen molar-refractivity contribution in [2.24, 2.45) is 17.6 Å². The van der Waals surface area contributed by atoms with Gasteiger partial charge in [0.25, 0.3) is 0 Å². The summed E-state index contributed by atoms with van der Waals surface area (Å²) in [6, 6.07) is 0.634. The summed E-state index contributed by atoms with van der Waals surface area (Å²) in [4.78, 5) is 12.8. The number of hydrogen-bond acceptors (Lipinski definition) is 2. The molecule has 2 rings (SSSR count). The minimum Gasteiger partial charge on any atom is -0.353 e. The van der Waals surface area contributed by atoms with E-state index in [4.69, 9.17) is 5.73 Å². The zero-order valence-corrected chi connectivity index (χ0v) is 15.2. The highest BCUT2D eigenvalue weighted by Gasteiger charge is 2.28. The molecule has 134 valence electrons. The molecule has 3 N–H and O–H groups in total. The van der Waals surface area contributed by atoms with Crippen molar-refractivity contribution in [1.29, 1.82) is 0 Å². The Bertz CT molecular complexity index is 333. The third kappa shape index (κ3) is 6.82. The van der Waals surface area contributed by atoms with E-state index in [0.29, 0.717) is 17.9 Å². The fourth-order valence-corrected chi connectivity index (χ4v) is 4.39. The van der Waals surface area contributed by atoms with Gasteiger partial charge in [-0.2, -0.15) is 0 Å². The molecule has 3 nitrogen and oxygen atoms in total. The van der Waals surface area contributed by atoms with Crippen LogP contribution in [0.1, 0.15) is 96.8 Å². The average molecular weight is 323 g/mol. The molecule has 2 saturated carbocycles. The number of carbonyl (C=O) groups excluding carboxylic acids is 1. The molecule has 23 heavy (non-hydrogen) atoms. The van der Waals surface area contributed by atoms with E-state index in [1.807, 2.05) is 0 Å². The van der Waals surface area contributed by atoms with Crippen LogP contribution in [0.5, 0.6) is 0 Å². The highest BCUT2D eigenvalue weighted by atomic mass is 16.1. The van der Waals surface area contributed by atoms with Gasteiger partial charge < -0.3 is 11.1 Å². The van der Waals surface area contributed by atoms with Gasteiger partial charge in [0, 0.05) is 18.0 Å². The monoisotopic (exact) mass is 322 g/mol. The van der Waals surface area contributed by atoms with Gasteiger partial charge in [-0.3, -0.25) is 4.79 Å². The van der Waals surface area contributed by atoms with Crippen LogP contribution in [-0.4, -0.2) is 18.0 Å². The standard InChI is InChI=1S/C20H38N2O/c1-16(21)17-11-9-10-12-18(15-17)20(23)22-19-13-7-5-3-2-4-6-8-14-19/h16-19H,2-15,21H2,1H3,(H,22,23). The van der Waals surface area contributed by atoms with Crippen LogP contribution >= 0.6 is 0 Å². The molecule has 0 spiro atoms. The van der Waals surface area contributed by atoms with Crippen LogP contribution in [0.15, 0.2) is 0 Å². The summed E-state index contributed by atoms with van der Waals surface area (Å²) >= 11 is 0. The third-order valence-electron chi connectivity index (χ3n) is 6.03. The van der Waals surface area contributed by atoms with Gasteiger partial charge in [0.05, 0.1) is 0 Å². The Morgan fingerprint density at radius 2 is 1.39 bits per heavy atom. The van der Waals surface area contributed by atoms with Gasteiger partial charge in [-0.15, -0.1) is 0 Å². The van der Waals surface area contributed by atoms with Crippen molar-refractivity contribution in [3.8, 4) is 0 Å². The Hall–Kier alpha value is -0.570. The summed E-state index contributed by atoms with van der Waals surface area (Å²) in [5, 5.41) is 3.41. The van der Waals surface area contributed by atoms with E-state index in [9.17, 15) is 4.79 Å². The Balaban J connectivity index is 1.84. The molecule has 0 aliphatic heterocycles. The molecule has 0 aromatic carbocycles. The minimum atomic E-state index is 0.198. The van der Waals surface area contributed by atoms with Crippen molar-refractivity contribution in [2.45, 2.75) is 109 Å². The van der Waals surface area contributed by atoms with Crippen molar-refractivity contribution in [3.63, 3.8) is 0 Å². The van der Waals surface area contributed by atoms with Crippen molar-refractivity contribution in [1.82, 2.24) is 5.32 Å². The maximum absolute atomic E-state index is 12.8. The number of rotatable bonds is 3. The van der Waals surface area contributed by atoms with Crippen molar-refractivity contribution < 1.29 is 4.79 Å². The molecule has 2 aliphatic rings. The maximum Gasteiger partial charge on any atom is 0.223 e. The van der Waals surface area contributed by atoms with E-state index in [-0.39, 0.29) is 12.0 Å². The molecule has 0 saturated heterocycles. The molecule has 0 aromatic heterocycles. The molecule has 0 bridgehead atoms. The van der Waals surface area contributed by atoms with Gasteiger partial charge in [-0.25, -0.2) is 0 Å². The van der Waals surface area contributed by atoms with E-state index in [0.717, 1.165) is 12.8 Å². The van der Waals surface area contributed by atoms with Crippen molar-refractivity contribution >= 4 is 5.91 Å². The second-order valence-corrected chi connectivity index (χ2v) is 8.09. The van der Waals surface area contributed by atoms with Crippen LogP contribution in [0.2, 0.25) is 0 Å². The summed E-state index contributed by atoms with van der Waals surface area (Å²) in [5.74, 6) is 1.04. The van der Waals surface area contributed by atoms with E-state index < -0.39 is 0 Å². The smallest absolute Gasteiger partial charge is 0.223 e. The summed E-state index contributed by atoms with van der Waals surface area (Å²) in [7, 11) is 0. The molecule has 3 heteroatoms. The largest absolute Gasteiger partial charge is 0.353 e. The molecule has 0 aromatic rings. The lowest BCUT2D eigenvalue weighted by Gasteiger charge is -2.25. The predicted molar refractivity (Wildman–Crippen MR) is 97.2 cm³/mol. The topological polar surface area (TPSA) is 55.1 Å². The Morgan fingerprint density at radius 3 is 2.00 bits per heavy atom. The number of nitrogens with two attached hydrogens (primary N) is 1. The lowest BCUT2D eigenvalue weighted by atomic mass is 9.88. The van der Waals surface area contributed by atoms with Gasteiger partial charge in [0.15, 0.2) is 0 Å². The zero-order valence-electron chi connectivity index (χ0n) is 15.2. The van der Waals surface area contributed by atoms with Gasteiger partial charge in [-0.1, -0.05) is 57.8 Å². The molecule has 0 radical (unpaired) electrons. The fourth-order valence-electron chi connectivity index (χ4n) is 4.39. The van der Waals surface area contributed by atoms with E-state index in [2.05, 4.69) is 12.2 Å². The Labute approximate surface area is 143 Å². The van der Waals surface area contributed by atoms with Crippen LogP contribution in [0.25, 0.3) is 0 Å². The summed E-state index contributed by atoms with van der Waals surface area (Å²) < 4.78 is 0. The molecule has 3 atom stereocenters. The van der Waals surface area contributed by atoms with E-state index >= 15 is 0 Å². The van der Waals surface area contributed by atoms with Gasteiger partial charge in [0.1, 0.15) is 0 Å². The first-order valence-electron chi connectivity index (χ1n) is 10.2. The molecule has 0 heterocycles. The summed E-state index contributed by atoms with van der Waals surface area (Å²) in [6.07, 6.45) is 17.4. The first kappa shape index (κ1) is 18.8. The van der Waals surface area contributed by atoms with E-state index in [1.165, 1.54) is 77.0 Å². The second-order valence-electron chi connectivity index (χ2n) is 8.09. The summed E-state index contributed by atoms with van der Waals surface area (Å²) in [5.41, 5.74) is 6.12. The third-order valence-corrected chi connectivity index (χ3v) is 6.03. The van der Waals surface area contributed by atoms with Crippen LogP contribution in [0.4, 0.5) is 0 Å². The number of amides is 1. The van der Waals surface area contributed by atoms with Gasteiger partial charge in [0.2, 0.25) is 5.91 Å². The summed E-state index contributed by atoms with van der Waals surface area (Å²) in [6.45, 7) is 2.10. The highest BCUT2D eigenvalue weighted by molar-refractivity contribution is 5.79. The lowest BCUT2D eigenvalue weighted by Crippen LogP contribution is -2.40. The molecular weight excluding hydrogens is 284 g/mol. The molecule has 3 unspecified atom stereocenters. The van der Waals surface area contributed by atoms with Crippen molar-refractivity contribution in [2.75, 3.05) is 0 Å². The number of carbonyl (C=O) groups is 1. The van der Waals surface area contributed by atoms with Crippen LogP contribution < -0.4 is 11.1 Å². The number of nitrogens with one attached hydrogen (secondary N) is 1. The van der Waals surface area contributed by atoms with Gasteiger partial charge >= 0.3 is 0 Å². The van der Waals surface area contributed by atoms with Gasteiger partial charge in [-0.05, 0) is 44.9 Å². The predicted octanol–water partition coefficient (Wildman–Crippen LogP) is 4.54. The van der Waals surface area contributed by atoms with Crippen LogP contribution in [0, 0.1) is 11.8 Å². The SMILES string of the molecule is CC(N)C1CCCCC(C(=O)NC2CCCCCCCCC2)C1. The first-order chi connectivity index (χ1) is 11.2. The zero-order chi connectivity index (χ0) is 16.5. The first-order valence-corrected chi connectivity index (χ1v) is 10.2.